The summed E-state index contributed by atoms with van der Waals surface area (Å²) in [5.74, 6) is -0.480. The molecule has 27 heavy (non-hydrogen) atoms. The number of carbonyl (C=O) groups excluding carboxylic acids is 2. The van der Waals surface area contributed by atoms with Gasteiger partial charge in [0.2, 0.25) is 0 Å². The Labute approximate surface area is 167 Å². The lowest BCUT2D eigenvalue weighted by Crippen LogP contribution is -2.31. The zero-order chi connectivity index (χ0) is 20.2. The Hall–Kier alpha value is -1.32. The van der Waals surface area contributed by atoms with Crippen LogP contribution in [0.3, 0.4) is 0 Å². The lowest BCUT2D eigenvalue weighted by Gasteiger charge is -2.06. The number of rotatable bonds is 18. The zero-order valence-corrected chi connectivity index (χ0v) is 18.0. The average molecular weight is 382 g/mol. The number of hydrogen-bond acceptors (Lipinski definition) is 3. The van der Waals surface area contributed by atoms with Crippen molar-refractivity contribution in [1.82, 2.24) is 5.32 Å². The zero-order valence-electron chi connectivity index (χ0n) is 18.0. The highest BCUT2D eigenvalue weighted by molar-refractivity contribution is 6.01. The number of unbranched alkanes of at least 4 members (excludes halogenated alkanes) is 15. The van der Waals surface area contributed by atoms with Gasteiger partial charge in [-0.15, -0.1) is 0 Å². The van der Waals surface area contributed by atoms with Crippen molar-refractivity contribution in [3.63, 3.8) is 0 Å². The molecule has 0 fully saturated rings. The first-order chi connectivity index (χ1) is 13.1. The van der Waals surface area contributed by atoms with E-state index >= 15 is 0 Å². The van der Waals surface area contributed by atoms with Gasteiger partial charge in [0.1, 0.15) is 0 Å². The fourth-order valence-corrected chi connectivity index (χ4v) is 3.05. The van der Waals surface area contributed by atoms with Gasteiger partial charge in [-0.1, -0.05) is 110 Å². The van der Waals surface area contributed by atoms with E-state index in [0.717, 1.165) is 12.8 Å². The molecule has 0 bridgehead atoms. The number of carbonyl (C=O) groups is 2. The highest BCUT2D eigenvalue weighted by Crippen LogP contribution is 2.13. The van der Waals surface area contributed by atoms with Crippen LogP contribution in [0.4, 0.5) is 4.79 Å². The van der Waals surface area contributed by atoms with Gasteiger partial charge in [0.05, 0.1) is 6.61 Å². The molecule has 1 N–H and O–H groups in total. The van der Waals surface area contributed by atoms with E-state index in [4.69, 9.17) is 4.74 Å². The SMILES string of the molecule is C=C(C)C(=O)NC(=O)OCCCCCCCCCCCCCCCCCC. The van der Waals surface area contributed by atoms with Crippen molar-refractivity contribution in [3.05, 3.63) is 12.2 Å². The highest BCUT2D eigenvalue weighted by atomic mass is 16.5. The summed E-state index contributed by atoms with van der Waals surface area (Å²) < 4.78 is 4.97. The summed E-state index contributed by atoms with van der Waals surface area (Å²) in [6.45, 7) is 7.66. The highest BCUT2D eigenvalue weighted by Gasteiger charge is 2.08. The first-order valence-electron chi connectivity index (χ1n) is 11.2. The van der Waals surface area contributed by atoms with E-state index in [1.54, 1.807) is 6.92 Å². The summed E-state index contributed by atoms with van der Waals surface area (Å²) in [6.07, 6.45) is 20.4. The van der Waals surface area contributed by atoms with Crippen LogP contribution in [0.25, 0.3) is 0 Å². The Morgan fingerprint density at radius 3 is 1.44 bits per heavy atom. The van der Waals surface area contributed by atoms with Crippen LogP contribution in [0.5, 0.6) is 0 Å². The second-order valence-corrected chi connectivity index (χ2v) is 7.67. The fraction of sp³-hybridized carbons (Fsp3) is 0.826. The van der Waals surface area contributed by atoms with E-state index in [1.807, 2.05) is 0 Å². The number of imide groups is 1. The molecular weight excluding hydrogens is 338 g/mol. The van der Waals surface area contributed by atoms with Gasteiger partial charge in [-0.3, -0.25) is 10.1 Å². The summed E-state index contributed by atoms with van der Waals surface area (Å²) in [5.41, 5.74) is 0.300. The largest absolute Gasteiger partial charge is 0.449 e. The maximum Gasteiger partial charge on any atom is 0.414 e. The molecular formula is C23H43NO3. The molecule has 4 heteroatoms. The van der Waals surface area contributed by atoms with Crippen LogP contribution >= 0.6 is 0 Å². The molecule has 158 valence electrons. The second-order valence-electron chi connectivity index (χ2n) is 7.67. The molecule has 0 radical (unpaired) electrons. The fourth-order valence-electron chi connectivity index (χ4n) is 3.05. The predicted molar refractivity (Wildman–Crippen MR) is 114 cm³/mol. The number of ether oxygens (including phenoxy) is 1. The van der Waals surface area contributed by atoms with Crippen LogP contribution in [0.15, 0.2) is 12.2 Å². The van der Waals surface area contributed by atoms with Gasteiger partial charge < -0.3 is 4.74 Å². The normalized spacial score (nSPS) is 10.6. The quantitative estimate of drug-likeness (QED) is 0.204. The molecule has 4 nitrogen and oxygen atoms in total. The molecule has 0 unspecified atom stereocenters. The Balaban J connectivity index is 3.18. The van der Waals surface area contributed by atoms with Crippen molar-refractivity contribution < 1.29 is 14.3 Å². The lowest BCUT2D eigenvalue weighted by molar-refractivity contribution is -0.116. The van der Waals surface area contributed by atoms with Gasteiger partial charge in [0.25, 0.3) is 5.91 Å². The number of hydrogen-bond donors (Lipinski definition) is 1. The van der Waals surface area contributed by atoms with E-state index in [9.17, 15) is 9.59 Å². The van der Waals surface area contributed by atoms with Crippen LogP contribution in [-0.4, -0.2) is 18.6 Å². The van der Waals surface area contributed by atoms with E-state index in [-0.39, 0.29) is 0 Å². The van der Waals surface area contributed by atoms with Crippen molar-refractivity contribution in [2.24, 2.45) is 0 Å². The molecule has 0 heterocycles. The van der Waals surface area contributed by atoms with E-state index < -0.39 is 12.0 Å². The van der Waals surface area contributed by atoms with Gasteiger partial charge in [-0.25, -0.2) is 4.79 Å². The maximum absolute atomic E-state index is 11.3. The Morgan fingerprint density at radius 1 is 0.704 bits per heavy atom. The summed E-state index contributed by atoms with van der Waals surface area (Å²) >= 11 is 0. The Bertz CT molecular complexity index is 393. The third-order valence-corrected chi connectivity index (χ3v) is 4.83. The standard InChI is InChI=1S/C23H43NO3/c1-4-5-6-7-8-9-10-11-12-13-14-15-16-17-18-19-20-27-23(26)24-22(25)21(2)3/h2,4-20H2,1,3H3,(H,24,25,26). The van der Waals surface area contributed by atoms with Crippen LogP contribution in [0.1, 0.15) is 117 Å². The summed E-state index contributed by atoms with van der Waals surface area (Å²) in [7, 11) is 0. The van der Waals surface area contributed by atoms with E-state index in [0.29, 0.717) is 12.2 Å². The molecule has 0 atom stereocenters. The number of amides is 2. The molecule has 0 spiro atoms. The average Bonchev–Trinajstić information content (AvgIpc) is 2.64. The van der Waals surface area contributed by atoms with Crippen LogP contribution in [-0.2, 0) is 9.53 Å². The monoisotopic (exact) mass is 381 g/mol. The van der Waals surface area contributed by atoms with Crippen molar-refractivity contribution in [2.45, 2.75) is 117 Å². The molecule has 0 aromatic rings. The topological polar surface area (TPSA) is 55.4 Å². The molecule has 0 saturated carbocycles. The molecule has 0 aliphatic carbocycles. The van der Waals surface area contributed by atoms with Gasteiger partial charge in [0.15, 0.2) is 0 Å². The molecule has 0 aliphatic rings. The lowest BCUT2D eigenvalue weighted by atomic mass is 10.0. The predicted octanol–water partition coefficient (Wildman–Crippen LogP) is 7.08. The Morgan fingerprint density at radius 2 is 1.07 bits per heavy atom. The van der Waals surface area contributed by atoms with Crippen molar-refractivity contribution in [2.75, 3.05) is 6.61 Å². The molecule has 0 aliphatic heterocycles. The first-order valence-corrected chi connectivity index (χ1v) is 11.2. The van der Waals surface area contributed by atoms with E-state index in [2.05, 4.69) is 18.8 Å². The van der Waals surface area contributed by atoms with Gasteiger partial charge in [0, 0.05) is 5.57 Å². The summed E-state index contributed by atoms with van der Waals surface area (Å²) in [6, 6.07) is 0. The summed E-state index contributed by atoms with van der Waals surface area (Å²) in [5, 5.41) is 2.13. The van der Waals surface area contributed by atoms with Gasteiger partial charge in [-0.2, -0.15) is 0 Å². The molecule has 0 aromatic carbocycles. The number of nitrogens with one attached hydrogen (secondary N) is 1. The minimum Gasteiger partial charge on any atom is -0.449 e. The number of alkyl carbamates (subject to hydrolysis) is 1. The Kier molecular flexibility index (Phi) is 18.5. The van der Waals surface area contributed by atoms with Crippen molar-refractivity contribution in [3.8, 4) is 0 Å². The maximum atomic E-state index is 11.3. The molecule has 0 aromatic heterocycles. The van der Waals surface area contributed by atoms with E-state index in [1.165, 1.54) is 89.9 Å². The van der Waals surface area contributed by atoms with Gasteiger partial charge in [-0.05, 0) is 13.3 Å². The first kappa shape index (κ1) is 25.7. The van der Waals surface area contributed by atoms with Crippen LogP contribution in [0.2, 0.25) is 0 Å². The second kappa shape index (κ2) is 19.4. The van der Waals surface area contributed by atoms with Crippen LogP contribution in [0, 0.1) is 0 Å². The minimum atomic E-state index is -0.677. The van der Waals surface area contributed by atoms with Crippen molar-refractivity contribution in [1.29, 1.82) is 0 Å². The third kappa shape index (κ3) is 19.3. The van der Waals surface area contributed by atoms with Gasteiger partial charge >= 0.3 is 6.09 Å². The molecule has 2 amide bonds. The van der Waals surface area contributed by atoms with Crippen molar-refractivity contribution >= 4 is 12.0 Å². The molecule has 0 saturated heterocycles. The summed E-state index contributed by atoms with van der Waals surface area (Å²) in [4.78, 5) is 22.5. The third-order valence-electron chi connectivity index (χ3n) is 4.83. The van der Waals surface area contributed by atoms with Crippen LogP contribution < -0.4 is 5.32 Å². The molecule has 0 rings (SSSR count). The minimum absolute atomic E-state index is 0.300. The smallest absolute Gasteiger partial charge is 0.414 e.